The van der Waals surface area contributed by atoms with Gasteiger partial charge in [-0.2, -0.15) is 10.1 Å². The third-order valence-corrected chi connectivity index (χ3v) is 4.84. The van der Waals surface area contributed by atoms with E-state index in [0.29, 0.717) is 16.8 Å². The predicted octanol–water partition coefficient (Wildman–Crippen LogP) is 1.65. The number of rotatable bonds is 3. The summed E-state index contributed by atoms with van der Waals surface area (Å²) in [7, 11) is 2.44. The molecule has 0 saturated heterocycles. The van der Waals surface area contributed by atoms with E-state index >= 15 is 0 Å². The van der Waals surface area contributed by atoms with Crippen molar-refractivity contribution in [3.05, 3.63) is 65.0 Å². The monoisotopic (exact) mass is 406 g/mol. The van der Waals surface area contributed by atoms with Crippen LogP contribution in [0.1, 0.15) is 6.04 Å². The van der Waals surface area contributed by atoms with Crippen molar-refractivity contribution in [3.63, 3.8) is 0 Å². The molecule has 9 nitrogen and oxygen atoms in total. The lowest BCUT2D eigenvalue weighted by Crippen LogP contribution is -2.44. The number of fused-ring (bicyclic) bond motifs is 3. The van der Waals surface area contributed by atoms with Crippen LogP contribution in [0.5, 0.6) is 0 Å². The van der Waals surface area contributed by atoms with E-state index in [1.54, 1.807) is 48.5 Å². The van der Waals surface area contributed by atoms with Crippen LogP contribution in [0, 0.1) is 0 Å². The molecule has 0 unspecified atom stereocenters. The second kappa shape index (κ2) is 7.78. The molecule has 0 radical (unpaired) electrons. The first kappa shape index (κ1) is 19.3. The van der Waals surface area contributed by atoms with Crippen LogP contribution in [0.15, 0.2) is 59.4 Å². The SMILES string of the molecule is COC(=O)[C@@H]1[C@H](C(=O)OC)Nc2ccccc2-c2nc(=O)c(-c3ccccc3)nn21. The fraction of sp³-hybridized carbons (Fsp3) is 0.190. The average molecular weight is 406 g/mol. The van der Waals surface area contributed by atoms with Gasteiger partial charge in [-0.15, -0.1) is 0 Å². The second-order valence-electron chi connectivity index (χ2n) is 6.56. The summed E-state index contributed by atoms with van der Waals surface area (Å²) in [5.41, 5.74) is 1.06. The number of ether oxygens (including phenoxy) is 2. The van der Waals surface area contributed by atoms with Gasteiger partial charge in [0, 0.05) is 16.8 Å². The summed E-state index contributed by atoms with van der Waals surface area (Å²) in [6.07, 6.45) is 0. The maximum Gasteiger partial charge on any atom is 0.333 e. The van der Waals surface area contributed by atoms with E-state index in [2.05, 4.69) is 15.4 Å². The van der Waals surface area contributed by atoms with Gasteiger partial charge in [0.25, 0.3) is 5.56 Å². The number of carbonyl (C=O) groups excluding carboxylic acids is 2. The lowest BCUT2D eigenvalue weighted by molar-refractivity contribution is -0.152. The van der Waals surface area contributed by atoms with Crippen LogP contribution in [0.4, 0.5) is 5.69 Å². The van der Waals surface area contributed by atoms with Gasteiger partial charge in [0.15, 0.2) is 23.6 Å². The number of aromatic nitrogens is 3. The first-order valence-corrected chi connectivity index (χ1v) is 9.13. The van der Waals surface area contributed by atoms with Crippen LogP contribution in [0.25, 0.3) is 22.6 Å². The number of para-hydroxylation sites is 1. The Kier molecular flexibility index (Phi) is 5.01. The molecule has 3 aromatic rings. The zero-order valence-corrected chi connectivity index (χ0v) is 16.2. The van der Waals surface area contributed by atoms with Crippen LogP contribution in [-0.4, -0.2) is 47.0 Å². The van der Waals surface area contributed by atoms with Crippen molar-refractivity contribution in [1.29, 1.82) is 0 Å². The number of nitrogens with zero attached hydrogens (tertiary/aromatic N) is 3. The highest BCUT2D eigenvalue weighted by molar-refractivity contribution is 5.91. The molecule has 0 spiro atoms. The lowest BCUT2D eigenvalue weighted by Gasteiger charge is -2.24. The van der Waals surface area contributed by atoms with Crippen molar-refractivity contribution >= 4 is 17.6 Å². The van der Waals surface area contributed by atoms with Gasteiger partial charge < -0.3 is 14.8 Å². The van der Waals surface area contributed by atoms with Gasteiger partial charge in [-0.05, 0) is 12.1 Å². The fourth-order valence-corrected chi connectivity index (χ4v) is 3.42. The molecule has 1 aromatic heterocycles. The number of benzene rings is 2. The molecule has 0 aliphatic carbocycles. The summed E-state index contributed by atoms with van der Waals surface area (Å²) < 4.78 is 11.1. The van der Waals surface area contributed by atoms with E-state index in [1.807, 2.05) is 6.07 Å². The smallest absolute Gasteiger partial charge is 0.333 e. The molecule has 0 bridgehead atoms. The van der Waals surface area contributed by atoms with E-state index < -0.39 is 29.6 Å². The number of hydrogen-bond acceptors (Lipinski definition) is 8. The van der Waals surface area contributed by atoms with Gasteiger partial charge in [-0.1, -0.05) is 42.5 Å². The molecule has 0 saturated carbocycles. The molecule has 1 aliphatic rings. The summed E-state index contributed by atoms with van der Waals surface area (Å²) >= 11 is 0. The Morgan fingerprint density at radius 1 is 0.967 bits per heavy atom. The van der Waals surface area contributed by atoms with Gasteiger partial charge >= 0.3 is 11.9 Å². The molecule has 1 N–H and O–H groups in total. The molecule has 0 amide bonds. The quantitative estimate of drug-likeness (QED) is 0.654. The van der Waals surface area contributed by atoms with Crippen molar-refractivity contribution in [1.82, 2.24) is 14.8 Å². The second-order valence-corrected chi connectivity index (χ2v) is 6.56. The third kappa shape index (κ3) is 3.20. The maximum absolute atomic E-state index is 12.8. The Morgan fingerprint density at radius 3 is 2.33 bits per heavy atom. The van der Waals surface area contributed by atoms with E-state index in [0.717, 1.165) is 0 Å². The Morgan fingerprint density at radius 2 is 1.63 bits per heavy atom. The summed E-state index contributed by atoms with van der Waals surface area (Å²) in [5.74, 6) is -1.27. The molecule has 152 valence electrons. The van der Waals surface area contributed by atoms with Crippen molar-refractivity contribution in [2.75, 3.05) is 19.5 Å². The molecule has 2 atom stereocenters. The largest absolute Gasteiger partial charge is 0.467 e. The Bertz CT molecular complexity index is 1180. The molecular formula is C21H18N4O5. The van der Waals surface area contributed by atoms with Gasteiger partial charge in [0.2, 0.25) is 0 Å². The third-order valence-electron chi connectivity index (χ3n) is 4.84. The minimum atomic E-state index is -1.25. The van der Waals surface area contributed by atoms with Crippen LogP contribution in [0.2, 0.25) is 0 Å². The number of hydrogen-bond donors (Lipinski definition) is 1. The van der Waals surface area contributed by atoms with Crippen LogP contribution in [-0.2, 0) is 19.1 Å². The summed E-state index contributed by atoms with van der Waals surface area (Å²) in [5, 5.41) is 7.48. The number of carbonyl (C=O) groups is 2. The predicted molar refractivity (Wildman–Crippen MR) is 108 cm³/mol. The molecule has 2 heterocycles. The summed E-state index contributed by atoms with van der Waals surface area (Å²) in [6.45, 7) is 0. The molecule has 4 rings (SSSR count). The van der Waals surface area contributed by atoms with Crippen LogP contribution >= 0.6 is 0 Å². The Balaban J connectivity index is 2.04. The minimum Gasteiger partial charge on any atom is -0.467 e. The highest BCUT2D eigenvalue weighted by Gasteiger charge is 2.42. The van der Waals surface area contributed by atoms with Gasteiger partial charge in [0.1, 0.15) is 0 Å². The van der Waals surface area contributed by atoms with Crippen molar-refractivity contribution < 1.29 is 19.1 Å². The van der Waals surface area contributed by atoms with E-state index in [4.69, 9.17) is 9.47 Å². The van der Waals surface area contributed by atoms with Crippen molar-refractivity contribution in [2.24, 2.45) is 0 Å². The topological polar surface area (TPSA) is 112 Å². The van der Waals surface area contributed by atoms with Crippen molar-refractivity contribution in [3.8, 4) is 22.6 Å². The standard InChI is InChI=1S/C21H18N4O5/c1-29-20(27)16-17(21(28)30-2)25-18(13-10-6-7-11-14(13)22-16)23-19(26)15(24-25)12-8-4-3-5-9-12/h3-11,16-17,22H,1-2H3/t16-,17+/m1/s1. The Hall–Kier alpha value is -4.01. The van der Waals surface area contributed by atoms with Gasteiger partial charge in [-0.25, -0.2) is 14.3 Å². The highest BCUT2D eigenvalue weighted by Crippen LogP contribution is 2.34. The van der Waals surface area contributed by atoms with Crippen LogP contribution < -0.4 is 10.9 Å². The maximum atomic E-state index is 12.8. The first-order valence-electron chi connectivity index (χ1n) is 9.13. The normalized spacial score (nSPS) is 17.0. The Labute approximate surface area is 171 Å². The number of nitrogens with one attached hydrogen (secondary N) is 1. The number of esters is 2. The highest BCUT2D eigenvalue weighted by atomic mass is 16.5. The molecule has 1 aliphatic heterocycles. The molecular weight excluding hydrogens is 388 g/mol. The molecule has 2 aromatic carbocycles. The first-order chi connectivity index (χ1) is 14.5. The molecule has 30 heavy (non-hydrogen) atoms. The van der Waals surface area contributed by atoms with E-state index in [-0.39, 0.29) is 11.5 Å². The van der Waals surface area contributed by atoms with E-state index in [9.17, 15) is 14.4 Å². The fourth-order valence-electron chi connectivity index (χ4n) is 3.42. The van der Waals surface area contributed by atoms with Crippen molar-refractivity contribution in [2.45, 2.75) is 12.1 Å². The lowest BCUT2D eigenvalue weighted by atomic mass is 10.1. The summed E-state index contributed by atoms with van der Waals surface area (Å²) in [6, 6.07) is 13.3. The van der Waals surface area contributed by atoms with Gasteiger partial charge in [0.05, 0.1) is 14.2 Å². The zero-order chi connectivity index (χ0) is 21.3. The van der Waals surface area contributed by atoms with Gasteiger partial charge in [-0.3, -0.25) is 4.79 Å². The zero-order valence-electron chi connectivity index (χ0n) is 16.2. The van der Waals surface area contributed by atoms with E-state index in [1.165, 1.54) is 18.9 Å². The van der Waals surface area contributed by atoms with Crippen LogP contribution in [0.3, 0.4) is 0 Å². The summed E-state index contributed by atoms with van der Waals surface area (Å²) in [4.78, 5) is 42.4. The number of methoxy groups -OCH3 is 2. The number of anilines is 1. The average Bonchev–Trinajstić information content (AvgIpc) is 2.92. The minimum absolute atomic E-state index is 0.0521. The molecule has 0 fully saturated rings. The molecule has 9 heteroatoms.